The molecular weight excluding hydrogens is 419 g/mol. The van der Waals surface area contributed by atoms with Crippen LogP contribution in [0.3, 0.4) is 0 Å². The second-order valence-electron chi connectivity index (χ2n) is 4.24. The Bertz CT molecular complexity index is 533. The fourth-order valence-corrected chi connectivity index (χ4v) is 4.94. The van der Waals surface area contributed by atoms with Crippen molar-refractivity contribution in [3.63, 3.8) is 0 Å². The molecule has 1 aliphatic rings. The van der Waals surface area contributed by atoms with Gasteiger partial charge in [-0.05, 0) is 53.5 Å². The SMILES string of the molecule is Cl.O=S(=O)(NC1CCCNC1)c1ccc(Br)cc1Br. The summed E-state index contributed by atoms with van der Waals surface area (Å²) in [6.45, 7) is 1.65. The van der Waals surface area contributed by atoms with E-state index in [1.807, 2.05) is 0 Å². The summed E-state index contributed by atoms with van der Waals surface area (Å²) >= 11 is 6.59. The van der Waals surface area contributed by atoms with Gasteiger partial charge in [0.1, 0.15) is 0 Å². The molecule has 1 atom stereocenters. The summed E-state index contributed by atoms with van der Waals surface area (Å²) in [6.07, 6.45) is 1.87. The van der Waals surface area contributed by atoms with Crippen molar-refractivity contribution in [2.75, 3.05) is 13.1 Å². The number of hydrogen-bond acceptors (Lipinski definition) is 3. The molecule has 2 N–H and O–H groups in total. The van der Waals surface area contributed by atoms with Crippen molar-refractivity contribution in [3.05, 3.63) is 27.1 Å². The topological polar surface area (TPSA) is 58.2 Å². The maximum absolute atomic E-state index is 12.2. The molecule has 2 rings (SSSR count). The highest BCUT2D eigenvalue weighted by molar-refractivity contribution is 9.11. The van der Waals surface area contributed by atoms with Crippen molar-refractivity contribution in [3.8, 4) is 0 Å². The lowest BCUT2D eigenvalue weighted by Gasteiger charge is -2.23. The van der Waals surface area contributed by atoms with Gasteiger partial charge in [-0.25, -0.2) is 13.1 Å². The normalized spacial score (nSPS) is 19.8. The van der Waals surface area contributed by atoms with Crippen LogP contribution in [-0.2, 0) is 10.0 Å². The van der Waals surface area contributed by atoms with Crippen LogP contribution in [0, 0.1) is 0 Å². The molecule has 1 aromatic rings. The summed E-state index contributed by atoms with van der Waals surface area (Å²) in [4.78, 5) is 0.274. The third-order valence-electron chi connectivity index (χ3n) is 2.80. The number of halogens is 3. The van der Waals surface area contributed by atoms with Crippen LogP contribution in [-0.4, -0.2) is 27.5 Å². The van der Waals surface area contributed by atoms with Crippen molar-refractivity contribution >= 4 is 54.3 Å². The second-order valence-corrected chi connectivity index (χ2v) is 7.69. The first-order valence-corrected chi connectivity index (χ1v) is 8.74. The highest BCUT2D eigenvalue weighted by Crippen LogP contribution is 2.26. The summed E-state index contributed by atoms with van der Waals surface area (Å²) in [5.41, 5.74) is 0. The molecule has 19 heavy (non-hydrogen) atoms. The molecule has 1 aliphatic heterocycles. The van der Waals surface area contributed by atoms with E-state index in [-0.39, 0.29) is 23.3 Å². The summed E-state index contributed by atoms with van der Waals surface area (Å²) in [5, 5.41) is 3.19. The zero-order valence-corrected chi connectivity index (χ0v) is 14.8. The van der Waals surface area contributed by atoms with E-state index >= 15 is 0 Å². The zero-order chi connectivity index (χ0) is 13.2. The maximum Gasteiger partial charge on any atom is 0.241 e. The van der Waals surface area contributed by atoms with Gasteiger partial charge in [-0.15, -0.1) is 12.4 Å². The minimum atomic E-state index is -3.47. The van der Waals surface area contributed by atoms with Crippen LogP contribution >= 0.6 is 44.3 Å². The van der Waals surface area contributed by atoms with Gasteiger partial charge in [-0.1, -0.05) is 15.9 Å². The predicted molar refractivity (Wildman–Crippen MR) is 85.3 cm³/mol. The Kier molecular flexibility index (Phi) is 6.75. The van der Waals surface area contributed by atoms with Crippen molar-refractivity contribution < 1.29 is 8.42 Å². The van der Waals surface area contributed by atoms with Gasteiger partial charge in [-0.2, -0.15) is 0 Å². The van der Waals surface area contributed by atoms with Crippen LogP contribution in [0.4, 0.5) is 0 Å². The van der Waals surface area contributed by atoms with E-state index in [4.69, 9.17) is 0 Å². The molecule has 1 saturated heterocycles. The molecule has 0 aliphatic carbocycles. The molecule has 0 bridgehead atoms. The monoisotopic (exact) mass is 432 g/mol. The lowest BCUT2D eigenvalue weighted by atomic mass is 10.1. The molecule has 1 fully saturated rings. The van der Waals surface area contributed by atoms with Crippen LogP contribution in [0.1, 0.15) is 12.8 Å². The summed E-state index contributed by atoms with van der Waals surface area (Å²) in [5.74, 6) is 0. The molecule has 0 amide bonds. The van der Waals surface area contributed by atoms with E-state index in [0.717, 1.165) is 23.9 Å². The molecule has 1 heterocycles. The minimum Gasteiger partial charge on any atom is -0.315 e. The lowest BCUT2D eigenvalue weighted by Crippen LogP contribution is -2.45. The van der Waals surface area contributed by atoms with Crippen LogP contribution in [0.25, 0.3) is 0 Å². The number of nitrogens with one attached hydrogen (secondary N) is 2. The highest BCUT2D eigenvalue weighted by atomic mass is 79.9. The quantitative estimate of drug-likeness (QED) is 0.769. The van der Waals surface area contributed by atoms with Crippen molar-refractivity contribution in [1.82, 2.24) is 10.0 Å². The number of benzene rings is 1. The second kappa shape index (κ2) is 7.38. The molecule has 1 aromatic carbocycles. The van der Waals surface area contributed by atoms with Crippen molar-refractivity contribution in [2.24, 2.45) is 0 Å². The third kappa shape index (κ3) is 4.68. The molecule has 0 spiro atoms. The molecule has 4 nitrogen and oxygen atoms in total. The Hall–Kier alpha value is 0.340. The van der Waals surface area contributed by atoms with Crippen LogP contribution in [0.2, 0.25) is 0 Å². The van der Waals surface area contributed by atoms with E-state index in [9.17, 15) is 8.42 Å². The average Bonchev–Trinajstić information content (AvgIpc) is 2.29. The maximum atomic E-state index is 12.2. The van der Waals surface area contributed by atoms with Gasteiger partial charge >= 0.3 is 0 Å². The Morgan fingerprint density at radius 1 is 1.32 bits per heavy atom. The Balaban J connectivity index is 0.00000180. The molecule has 0 aromatic heterocycles. The number of sulfonamides is 1. The number of rotatable bonds is 3. The minimum absolute atomic E-state index is 0. The zero-order valence-electron chi connectivity index (χ0n) is 10.0. The highest BCUT2D eigenvalue weighted by Gasteiger charge is 2.23. The molecule has 108 valence electrons. The Labute approximate surface area is 136 Å². The molecule has 0 saturated carbocycles. The predicted octanol–water partition coefficient (Wildman–Crippen LogP) is 2.66. The molecular formula is C11H15Br2ClN2O2S. The molecule has 1 unspecified atom stereocenters. The van der Waals surface area contributed by atoms with Crippen LogP contribution in [0.5, 0.6) is 0 Å². The van der Waals surface area contributed by atoms with Gasteiger partial charge in [0.25, 0.3) is 0 Å². The smallest absolute Gasteiger partial charge is 0.241 e. The average molecular weight is 435 g/mol. The number of piperidine rings is 1. The van der Waals surface area contributed by atoms with Gasteiger partial charge < -0.3 is 5.32 Å². The van der Waals surface area contributed by atoms with E-state index in [1.54, 1.807) is 18.2 Å². The van der Waals surface area contributed by atoms with E-state index < -0.39 is 10.0 Å². The Morgan fingerprint density at radius 2 is 2.05 bits per heavy atom. The summed E-state index contributed by atoms with van der Waals surface area (Å²) in [6, 6.07) is 5.01. The van der Waals surface area contributed by atoms with Gasteiger partial charge in [-0.3, -0.25) is 0 Å². The molecule has 8 heteroatoms. The largest absolute Gasteiger partial charge is 0.315 e. The van der Waals surface area contributed by atoms with Crippen LogP contribution < -0.4 is 10.0 Å². The van der Waals surface area contributed by atoms with E-state index in [0.29, 0.717) is 11.0 Å². The van der Waals surface area contributed by atoms with E-state index in [1.165, 1.54) is 0 Å². The van der Waals surface area contributed by atoms with E-state index in [2.05, 4.69) is 41.9 Å². The Morgan fingerprint density at radius 3 is 2.63 bits per heavy atom. The van der Waals surface area contributed by atoms with Crippen molar-refractivity contribution in [1.29, 1.82) is 0 Å². The first kappa shape index (κ1) is 17.4. The van der Waals surface area contributed by atoms with Gasteiger partial charge in [0.2, 0.25) is 10.0 Å². The van der Waals surface area contributed by atoms with Gasteiger partial charge in [0.15, 0.2) is 0 Å². The standard InChI is InChI=1S/C11H14Br2N2O2S.ClH/c12-8-3-4-11(10(13)6-8)18(16,17)15-9-2-1-5-14-7-9;/h3-4,6,9,14-15H,1-2,5,7H2;1H. The first-order valence-electron chi connectivity index (χ1n) is 5.67. The lowest BCUT2D eigenvalue weighted by molar-refractivity contribution is 0.428. The van der Waals surface area contributed by atoms with Crippen LogP contribution in [0.15, 0.2) is 32.0 Å². The number of hydrogen-bond donors (Lipinski definition) is 2. The fourth-order valence-electron chi connectivity index (χ4n) is 1.93. The summed E-state index contributed by atoms with van der Waals surface area (Å²) < 4.78 is 28.6. The summed E-state index contributed by atoms with van der Waals surface area (Å²) in [7, 11) is -3.47. The van der Waals surface area contributed by atoms with Gasteiger partial charge in [0, 0.05) is 21.5 Å². The van der Waals surface area contributed by atoms with Crippen molar-refractivity contribution in [2.45, 2.75) is 23.8 Å². The molecule has 0 radical (unpaired) electrons. The van der Waals surface area contributed by atoms with Gasteiger partial charge in [0.05, 0.1) is 4.90 Å². The fraction of sp³-hybridized carbons (Fsp3) is 0.455. The first-order chi connectivity index (χ1) is 8.49. The third-order valence-corrected chi connectivity index (χ3v) is 5.79.